The second-order valence-electron chi connectivity index (χ2n) is 6.46. The zero-order valence-corrected chi connectivity index (χ0v) is 16.9. The van der Waals surface area contributed by atoms with Gasteiger partial charge in [-0.2, -0.15) is 10.6 Å². The number of ether oxygens (including phenoxy) is 2. The van der Waals surface area contributed by atoms with Gasteiger partial charge in [-0.15, -0.1) is 11.8 Å². The number of rotatable bonds is 7. The first-order valence-electron chi connectivity index (χ1n) is 9.04. The van der Waals surface area contributed by atoms with Crippen molar-refractivity contribution in [1.29, 1.82) is 0 Å². The third-order valence-electron chi connectivity index (χ3n) is 4.45. The standard InChI is InChI=1S/C22H22O4S2/c23-28(24)16-21(27-19-9-5-2-6-10-19)20-15-18(11-12-22(20)28)26-14-13-25-17-7-3-1-4-8-17/h1-12,15,21,23-24H,13-14,16H2. The lowest BCUT2D eigenvalue weighted by Crippen LogP contribution is -2.09. The van der Waals surface area contributed by atoms with Gasteiger partial charge in [0.2, 0.25) is 0 Å². The van der Waals surface area contributed by atoms with Crippen molar-refractivity contribution in [2.45, 2.75) is 15.0 Å². The molecule has 1 heterocycles. The highest BCUT2D eigenvalue weighted by molar-refractivity contribution is 8.25. The molecular weight excluding hydrogens is 392 g/mol. The molecule has 4 nitrogen and oxygen atoms in total. The Hall–Kier alpha value is -2.12. The van der Waals surface area contributed by atoms with E-state index in [0.717, 1.165) is 16.2 Å². The third-order valence-corrected chi connectivity index (χ3v) is 7.78. The minimum absolute atomic E-state index is 0.00785. The zero-order valence-electron chi connectivity index (χ0n) is 15.2. The number of para-hydroxylation sites is 1. The van der Waals surface area contributed by atoms with Crippen molar-refractivity contribution in [2.75, 3.05) is 19.0 Å². The topological polar surface area (TPSA) is 58.9 Å². The van der Waals surface area contributed by atoms with Gasteiger partial charge in [-0.3, -0.25) is 9.11 Å². The van der Waals surface area contributed by atoms with Crippen molar-refractivity contribution in [1.82, 2.24) is 0 Å². The molecule has 3 aromatic carbocycles. The first kappa shape index (κ1) is 19.2. The molecule has 2 N–H and O–H groups in total. The molecule has 146 valence electrons. The lowest BCUT2D eigenvalue weighted by atomic mass is 10.1. The van der Waals surface area contributed by atoms with Crippen LogP contribution in [0.25, 0.3) is 0 Å². The van der Waals surface area contributed by atoms with Gasteiger partial charge in [0.25, 0.3) is 0 Å². The number of fused-ring (bicyclic) bond motifs is 1. The maximum atomic E-state index is 10.5. The Morgan fingerprint density at radius 1 is 0.821 bits per heavy atom. The number of thioether (sulfide) groups is 1. The second-order valence-corrected chi connectivity index (χ2v) is 9.85. The quantitative estimate of drug-likeness (QED) is 0.457. The van der Waals surface area contributed by atoms with E-state index in [9.17, 15) is 9.11 Å². The lowest BCUT2D eigenvalue weighted by Gasteiger charge is -2.27. The molecule has 0 aromatic heterocycles. The van der Waals surface area contributed by atoms with Crippen LogP contribution in [0, 0.1) is 0 Å². The molecular formula is C22H22O4S2. The Bertz CT molecular complexity index is 916. The fourth-order valence-corrected chi connectivity index (χ4v) is 6.68. The van der Waals surface area contributed by atoms with Crippen LogP contribution in [0.2, 0.25) is 0 Å². The Kier molecular flexibility index (Phi) is 5.82. The first-order chi connectivity index (χ1) is 13.6. The molecule has 0 saturated carbocycles. The van der Waals surface area contributed by atoms with Crippen LogP contribution in [-0.2, 0) is 0 Å². The van der Waals surface area contributed by atoms with Gasteiger partial charge in [-0.05, 0) is 48.0 Å². The molecule has 1 atom stereocenters. The molecule has 4 rings (SSSR count). The Morgan fingerprint density at radius 3 is 2.18 bits per heavy atom. The fourth-order valence-electron chi connectivity index (χ4n) is 3.15. The SMILES string of the molecule is OS1(O)CC(Sc2ccccc2)c2cc(OCCOc3ccccc3)ccc21. The summed E-state index contributed by atoms with van der Waals surface area (Å²) in [6, 6.07) is 25.2. The van der Waals surface area contributed by atoms with Gasteiger partial charge < -0.3 is 9.47 Å². The molecule has 0 bridgehead atoms. The number of benzene rings is 3. The van der Waals surface area contributed by atoms with E-state index in [0.29, 0.717) is 29.6 Å². The maximum absolute atomic E-state index is 10.5. The minimum Gasteiger partial charge on any atom is -0.490 e. The number of hydrogen-bond donors (Lipinski definition) is 2. The highest BCUT2D eigenvalue weighted by Gasteiger charge is 2.35. The van der Waals surface area contributed by atoms with Crippen molar-refractivity contribution in [2.24, 2.45) is 0 Å². The van der Waals surface area contributed by atoms with Crippen LogP contribution in [0.3, 0.4) is 0 Å². The zero-order chi connectivity index (χ0) is 19.4. The van der Waals surface area contributed by atoms with E-state index in [4.69, 9.17) is 9.47 Å². The van der Waals surface area contributed by atoms with Crippen LogP contribution in [0.4, 0.5) is 0 Å². The molecule has 0 aliphatic carbocycles. The molecule has 3 aromatic rings. The largest absolute Gasteiger partial charge is 0.490 e. The maximum Gasteiger partial charge on any atom is 0.122 e. The summed E-state index contributed by atoms with van der Waals surface area (Å²) in [5.41, 5.74) is 0.940. The summed E-state index contributed by atoms with van der Waals surface area (Å²) in [5, 5.41) is -0.00785. The molecule has 1 aliphatic heterocycles. The van der Waals surface area contributed by atoms with Crippen LogP contribution < -0.4 is 9.47 Å². The van der Waals surface area contributed by atoms with E-state index < -0.39 is 10.6 Å². The molecule has 1 unspecified atom stereocenters. The number of hydrogen-bond acceptors (Lipinski definition) is 5. The summed E-state index contributed by atoms with van der Waals surface area (Å²) in [5.74, 6) is 1.86. The van der Waals surface area contributed by atoms with E-state index in [1.54, 1.807) is 23.9 Å². The third kappa shape index (κ3) is 4.47. The molecule has 28 heavy (non-hydrogen) atoms. The molecule has 6 heteroatoms. The highest BCUT2D eigenvalue weighted by Crippen LogP contribution is 2.63. The summed E-state index contributed by atoms with van der Waals surface area (Å²) in [6.07, 6.45) is 0. The predicted octanol–water partition coefficient (Wildman–Crippen LogP) is 6.10. The van der Waals surface area contributed by atoms with Crippen LogP contribution in [-0.4, -0.2) is 28.1 Å². The van der Waals surface area contributed by atoms with Crippen molar-refractivity contribution in [3.05, 3.63) is 84.4 Å². The van der Waals surface area contributed by atoms with E-state index in [-0.39, 0.29) is 5.25 Å². The van der Waals surface area contributed by atoms with Gasteiger partial charge in [0, 0.05) is 4.90 Å². The van der Waals surface area contributed by atoms with E-state index in [2.05, 4.69) is 0 Å². The summed E-state index contributed by atoms with van der Waals surface area (Å²) in [4.78, 5) is 1.74. The Morgan fingerprint density at radius 2 is 1.46 bits per heavy atom. The fraction of sp³-hybridized carbons (Fsp3) is 0.182. The summed E-state index contributed by atoms with van der Waals surface area (Å²) >= 11 is 1.65. The minimum atomic E-state index is -2.75. The smallest absolute Gasteiger partial charge is 0.122 e. The monoisotopic (exact) mass is 414 g/mol. The van der Waals surface area contributed by atoms with Crippen molar-refractivity contribution in [3.8, 4) is 11.5 Å². The van der Waals surface area contributed by atoms with E-state index in [1.165, 1.54) is 0 Å². The summed E-state index contributed by atoms with van der Waals surface area (Å²) in [7, 11) is -2.75. The van der Waals surface area contributed by atoms with Crippen molar-refractivity contribution in [3.63, 3.8) is 0 Å². The van der Waals surface area contributed by atoms with Gasteiger partial charge in [0.05, 0.1) is 15.9 Å². The molecule has 1 aliphatic rings. The Labute approximate surface area is 170 Å². The van der Waals surface area contributed by atoms with Gasteiger partial charge in [-0.25, -0.2) is 0 Å². The van der Waals surface area contributed by atoms with E-state index >= 15 is 0 Å². The molecule has 0 amide bonds. The molecule has 0 spiro atoms. The summed E-state index contributed by atoms with van der Waals surface area (Å²) in [6.45, 7) is 0.860. The molecule has 0 fully saturated rings. The molecule has 0 radical (unpaired) electrons. The normalized spacial score (nSPS) is 18.3. The van der Waals surface area contributed by atoms with E-state index in [1.807, 2.05) is 66.7 Å². The van der Waals surface area contributed by atoms with Gasteiger partial charge in [0.1, 0.15) is 24.7 Å². The summed E-state index contributed by atoms with van der Waals surface area (Å²) < 4.78 is 32.5. The first-order valence-corrected chi connectivity index (χ1v) is 11.6. The Balaban J connectivity index is 1.43. The van der Waals surface area contributed by atoms with Crippen molar-refractivity contribution >= 4 is 22.4 Å². The average Bonchev–Trinajstić information content (AvgIpc) is 2.96. The van der Waals surface area contributed by atoms with Gasteiger partial charge >= 0.3 is 0 Å². The average molecular weight is 415 g/mol. The second kappa shape index (κ2) is 8.49. The predicted molar refractivity (Wildman–Crippen MR) is 115 cm³/mol. The van der Waals surface area contributed by atoms with Crippen LogP contribution in [0.1, 0.15) is 10.8 Å². The van der Waals surface area contributed by atoms with Crippen LogP contribution in [0.15, 0.2) is 88.7 Å². The van der Waals surface area contributed by atoms with Crippen LogP contribution >= 0.6 is 22.4 Å². The van der Waals surface area contributed by atoms with Gasteiger partial charge in [0.15, 0.2) is 0 Å². The lowest BCUT2D eigenvalue weighted by molar-refractivity contribution is 0.217. The molecule has 0 saturated heterocycles. The highest BCUT2D eigenvalue weighted by atomic mass is 32.3. The van der Waals surface area contributed by atoms with Gasteiger partial charge in [-0.1, -0.05) is 36.4 Å². The van der Waals surface area contributed by atoms with Crippen molar-refractivity contribution < 1.29 is 18.6 Å². The van der Waals surface area contributed by atoms with Crippen LogP contribution in [0.5, 0.6) is 11.5 Å².